The van der Waals surface area contributed by atoms with Crippen LogP contribution in [0.15, 0.2) is 35.2 Å². The van der Waals surface area contributed by atoms with Gasteiger partial charge in [0, 0.05) is 19.8 Å². The van der Waals surface area contributed by atoms with Gasteiger partial charge >= 0.3 is 6.03 Å². The molecule has 0 fully saturated rings. The number of urea groups is 1. The lowest BCUT2D eigenvalue weighted by atomic mass is 10.2. The van der Waals surface area contributed by atoms with Crippen molar-refractivity contribution >= 4 is 30.8 Å². The summed E-state index contributed by atoms with van der Waals surface area (Å²) in [5, 5.41) is 3.05. The van der Waals surface area contributed by atoms with Gasteiger partial charge in [-0.15, -0.1) is 0 Å². The quantitative estimate of drug-likeness (QED) is 0.670. The summed E-state index contributed by atoms with van der Waals surface area (Å²) in [7, 11) is -0.171. The number of nitrogens with one attached hydrogen (secondary N) is 1. The summed E-state index contributed by atoms with van der Waals surface area (Å²) >= 11 is 5.93. The third kappa shape index (κ3) is 2.62. The predicted molar refractivity (Wildman–Crippen MR) is 77.3 cm³/mol. The Morgan fingerprint density at radius 2 is 1.79 bits per heavy atom. The molecule has 0 radical (unpaired) electrons. The monoisotopic (exact) mass is 299 g/mol. The second-order valence-electron chi connectivity index (χ2n) is 4.42. The van der Waals surface area contributed by atoms with E-state index in [1.807, 2.05) is 31.2 Å². The van der Waals surface area contributed by atoms with Crippen molar-refractivity contribution in [3.05, 3.63) is 40.8 Å². The Kier molecular flexibility index (Phi) is 3.61. The van der Waals surface area contributed by atoms with E-state index in [4.69, 9.17) is 11.6 Å². The number of carbonyl (C=O) groups excluding carboxylic acids is 1. The van der Waals surface area contributed by atoms with E-state index < -0.39 is 13.5 Å². The van der Waals surface area contributed by atoms with Gasteiger partial charge in [0.15, 0.2) is 0 Å². The smallest absolute Gasteiger partial charge is 0.317 e. The minimum atomic E-state index is -3.19. The van der Waals surface area contributed by atoms with E-state index in [0.717, 1.165) is 5.56 Å². The first kappa shape index (κ1) is 14.0. The summed E-state index contributed by atoms with van der Waals surface area (Å²) in [6.45, 7) is 1.97. The van der Waals surface area contributed by atoms with Crippen LogP contribution in [0.1, 0.15) is 5.56 Å². The van der Waals surface area contributed by atoms with Gasteiger partial charge in [-0.3, -0.25) is 14.1 Å². The molecule has 1 aliphatic heterocycles. The maximum absolute atomic E-state index is 12.8. The number of benzene rings is 1. The molecule has 1 unspecified atom stereocenters. The lowest BCUT2D eigenvalue weighted by Crippen LogP contribution is -2.39. The minimum absolute atomic E-state index is 0.158. The van der Waals surface area contributed by atoms with Crippen LogP contribution in [0.5, 0.6) is 0 Å². The van der Waals surface area contributed by atoms with Crippen molar-refractivity contribution in [1.82, 2.24) is 9.57 Å². The van der Waals surface area contributed by atoms with E-state index in [1.54, 1.807) is 0 Å². The van der Waals surface area contributed by atoms with Crippen LogP contribution < -0.4 is 5.09 Å². The molecular weight excluding hydrogens is 285 g/mol. The Hall–Kier alpha value is -1.45. The van der Waals surface area contributed by atoms with Crippen LogP contribution in [-0.2, 0) is 4.57 Å². The third-order valence-corrected chi connectivity index (χ3v) is 5.70. The van der Waals surface area contributed by atoms with Gasteiger partial charge in [0.05, 0.1) is 5.82 Å². The highest BCUT2D eigenvalue weighted by atomic mass is 35.5. The number of rotatable bonds is 2. The molecule has 1 aromatic rings. The van der Waals surface area contributed by atoms with Gasteiger partial charge in [0.1, 0.15) is 5.16 Å². The molecule has 0 saturated carbocycles. The van der Waals surface area contributed by atoms with Gasteiger partial charge in [-0.05, 0) is 19.1 Å². The maximum Gasteiger partial charge on any atom is 0.331 e. The first-order valence-electron chi connectivity index (χ1n) is 5.68. The van der Waals surface area contributed by atoms with Crippen LogP contribution in [-0.4, -0.2) is 29.7 Å². The molecule has 1 N–H and O–H groups in total. The highest BCUT2D eigenvalue weighted by Crippen LogP contribution is 2.54. The Bertz CT molecular complexity index is 585. The van der Waals surface area contributed by atoms with Crippen LogP contribution in [0.25, 0.3) is 0 Å². The molecule has 7 heteroatoms. The number of hydrogen-bond acceptors (Lipinski definition) is 2. The summed E-state index contributed by atoms with van der Waals surface area (Å²) in [5.41, 5.74) is 1.78. The van der Waals surface area contributed by atoms with Crippen LogP contribution in [0.3, 0.4) is 0 Å². The Morgan fingerprint density at radius 1 is 1.21 bits per heavy atom. The van der Waals surface area contributed by atoms with Gasteiger partial charge in [0.25, 0.3) is 7.44 Å². The van der Waals surface area contributed by atoms with Crippen molar-refractivity contribution in [2.75, 3.05) is 19.2 Å². The number of amides is 2. The van der Waals surface area contributed by atoms with E-state index in [9.17, 15) is 9.36 Å². The highest BCUT2D eigenvalue weighted by molar-refractivity contribution is 7.67. The van der Waals surface area contributed by atoms with Gasteiger partial charge in [-0.1, -0.05) is 29.3 Å². The van der Waals surface area contributed by atoms with Crippen molar-refractivity contribution in [1.29, 1.82) is 0 Å². The zero-order valence-corrected chi connectivity index (χ0v) is 12.6. The predicted octanol–water partition coefficient (Wildman–Crippen LogP) is 3.63. The number of carbonyl (C=O) groups is 1. The fourth-order valence-electron chi connectivity index (χ4n) is 1.67. The van der Waals surface area contributed by atoms with Crippen molar-refractivity contribution in [3.63, 3.8) is 0 Å². The van der Waals surface area contributed by atoms with Crippen molar-refractivity contribution in [2.24, 2.45) is 0 Å². The second-order valence-corrected chi connectivity index (χ2v) is 7.13. The van der Waals surface area contributed by atoms with Crippen LogP contribution >= 0.6 is 19.0 Å². The van der Waals surface area contributed by atoms with Crippen molar-refractivity contribution in [3.8, 4) is 0 Å². The Labute approximate surface area is 117 Å². The van der Waals surface area contributed by atoms with Crippen molar-refractivity contribution < 1.29 is 9.36 Å². The SMILES string of the molecule is Cc1ccc(NP2(=O)C=C(Cl)N(C)C(=O)N2C)cc1. The van der Waals surface area contributed by atoms with Gasteiger partial charge in [0.2, 0.25) is 0 Å². The molecule has 1 aromatic carbocycles. The average Bonchev–Trinajstić information content (AvgIpc) is 2.37. The van der Waals surface area contributed by atoms with E-state index in [-0.39, 0.29) is 5.16 Å². The average molecular weight is 300 g/mol. The minimum Gasteiger partial charge on any atom is -0.317 e. The third-order valence-electron chi connectivity index (χ3n) is 2.95. The molecular formula is C12H15ClN3O2P. The molecule has 1 aliphatic rings. The topological polar surface area (TPSA) is 52.7 Å². The van der Waals surface area contributed by atoms with E-state index in [1.165, 1.54) is 29.5 Å². The lowest BCUT2D eigenvalue weighted by molar-refractivity contribution is 0.205. The normalized spacial score (nSPS) is 23.4. The second kappa shape index (κ2) is 4.91. The lowest BCUT2D eigenvalue weighted by Gasteiger charge is -2.35. The number of halogens is 1. The number of nitrogens with zero attached hydrogens (tertiary/aromatic N) is 2. The molecule has 0 spiro atoms. The summed E-state index contributed by atoms with van der Waals surface area (Å²) < 4.78 is 14.0. The van der Waals surface area contributed by atoms with Crippen LogP contribution in [0.2, 0.25) is 0 Å². The Morgan fingerprint density at radius 3 is 2.37 bits per heavy atom. The van der Waals surface area contributed by atoms with Gasteiger partial charge < -0.3 is 5.09 Å². The van der Waals surface area contributed by atoms with E-state index in [2.05, 4.69) is 5.09 Å². The maximum atomic E-state index is 12.8. The molecule has 0 aliphatic carbocycles. The molecule has 2 amide bonds. The molecule has 2 rings (SSSR count). The molecule has 1 atom stereocenters. The summed E-state index contributed by atoms with van der Waals surface area (Å²) in [5.74, 6) is 1.38. The Balaban J connectivity index is 2.34. The standard InChI is InChI=1S/C12H15ClN3O2P/c1-9-4-6-10(7-5-9)14-19(18)8-11(13)15(2)12(17)16(19)3/h4-8H,1-3H3,(H,14,18). The summed E-state index contributed by atoms with van der Waals surface area (Å²) in [4.78, 5) is 13.2. The van der Waals surface area contributed by atoms with E-state index in [0.29, 0.717) is 5.69 Å². The highest BCUT2D eigenvalue weighted by Gasteiger charge is 2.37. The van der Waals surface area contributed by atoms with Crippen LogP contribution in [0, 0.1) is 6.92 Å². The molecule has 102 valence electrons. The number of aryl methyl sites for hydroxylation is 1. The molecule has 0 aromatic heterocycles. The largest absolute Gasteiger partial charge is 0.331 e. The zero-order chi connectivity index (χ0) is 14.2. The summed E-state index contributed by atoms with van der Waals surface area (Å²) in [6.07, 6.45) is 0. The number of hydrogen-bond donors (Lipinski definition) is 1. The fourth-order valence-corrected chi connectivity index (χ4v) is 3.90. The first-order chi connectivity index (χ1) is 8.83. The number of anilines is 1. The molecule has 19 heavy (non-hydrogen) atoms. The van der Waals surface area contributed by atoms with Crippen molar-refractivity contribution in [2.45, 2.75) is 6.92 Å². The van der Waals surface area contributed by atoms with Crippen LogP contribution in [0.4, 0.5) is 10.5 Å². The molecule has 0 saturated heterocycles. The molecule has 0 bridgehead atoms. The first-order valence-corrected chi connectivity index (χ1v) is 7.79. The van der Waals surface area contributed by atoms with Gasteiger partial charge in [-0.2, -0.15) is 0 Å². The molecule has 1 heterocycles. The summed E-state index contributed by atoms with van der Waals surface area (Å²) in [6, 6.07) is 7.02. The van der Waals surface area contributed by atoms with Gasteiger partial charge in [-0.25, -0.2) is 4.79 Å². The van der Waals surface area contributed by atoms with E-state index >= 15 is 0 Å². The molecule has 5 nitrogen and oxygen atoms in total. The fraction of sp³-hybridized carbons (Fsp3) is 0.250. The zero-order valence-electron chi connectivity index (χ0n) is 10.9.